The minimum atomic E-state index is -4.61. The highest BCUT2D eigenvalue weighted by Crippen LogP contribution is 2.45. The number of nitrogens with zero attached hydrogens (tertiary/aromatic N) is 2. The van der Waals surface area contributed by atoms with Crippen molar-refractivity contribution in [3.8, 4) is 33.3 Å². The number of halogens is 4. The number of carboxylic acid groups (broad SMARTS) is 1. The van der Waals surface area contributed by atoms with Gasteiger partial charge >= 0.3 is 12.1 Å². The second-order valence-corrected chi connectivity index (χ2v) is 9.62. The van der Waals surface area contributed by atoms with E-state index in [2.05, 4.69) is 15.5 Å². The molecule has 5 rings (SSSR count). The van der Waals surface area contributed by atoms with Gasteiger partial charge in [-0.3, -0.25) is 4.79 Å². The lowest BCUT2D eigenvalue weighted by Crippen LogP contribution is -2.14. The van der Waals surface area contributed by atoms with Crippen LogP contribution in [0.25, 0.3) is 33.3 Å². The minimum Gasteiger partial charge on any atom is -0.481 e. The van der Waals surface area contributed by atoms with E-state index < -0.39 is 22.8 Å². The van der Waals surface area contributed by atoms with E-state index in [1.54, 1.807) is 12.1 Å². The largest absolute Gasteiger partial charge is 0.481 e. The standard InChI is InChI=1S/C25H19F4N3O3S/c26-17-7-5-14(6-8-17)18-11-20(36-22(18)25(27,28)29)24-31-23(32-35-24)16-3-1-15(2-4-16)19-9-13(12-30-19)10-21(33)34/h1-8,11,13,19,30H,9-10,12H2,(H,33,34). The first-order valence-electron chi connectivity index (χ1n) is 11.0. The highest BCUT2D eigenvalue weighted by molar-refractivity contribution is 7.16. The number of carbonyl (C=O) groups is 1. The van der Waals surface area contributed by atoms with Crippen LogP contribution in [0.1, 0.15) is 29.3 Å². The number of benzene rings is 2. The van der Waals surface area contributed by atoms with Crippen molar-refractivity contribution in [2.75, 3.05) is 6.54 Å². The predicted molar refractivity (Wildman–Crippen MR) is 125 cm³/mol. The van der Waals surface area contributed by atoms with Crippen LogP contribution in [0.5, 0.6) is 0 Å². The average molecular weight is 518 g/mol. The van der Waals surface area contributed by atoms with Gasteiger partial charge in [-0.1, -0.05) is 41.6 Å². The maximum Gasteiger partial charge on any atom is 0.426 e. The molecule has 1 aliphatic heterocycles. The number of aromatic nitrogens is 2. The fourth-order valence-electron chi connectivity index (χ4n) is 4.32. The number of alkyl halides is 3. The van der Waals surface area contributed by atoms with Crippen LogP contribution in [0.2, 0.25) is 0 Å². The van der Waals surface area contributed by atoms with E-state index >= 15 is 0 Å². The molecule has 186 valence electrons. The topological polar surface area (TPSA) is 88.2 Å². The van der Waals surface area contributed by atoms with E-state index in [9.17, 15) is 22.4 Å². The van der Waals surface area contributed by atoms with Gasteiger partial charge in [-0.25, -0.2) is 4.39 Å². The minimum absolute atomic E-state index is 0.0426. The Morgan fingerprint density at radius 3 is 2.47 bits per heavy atom. The number of hydrogen-bond donors (Lipinski definition) is 2. The smallest absolute Gasteiger partial charge is 0.426 e. The van der Waals surface area contributed by atoms with Crippen LogP contribution in [0.4, 0.5) is 17.6 Å². The van der Waals surface area contributed by atoms with E-state index in [1.165, 1.54) is 18.2 Å². The van der Waals surface area contributed by atoms with Gasteiger partial charge in [0.15, 0.2) is 0 Å². The summed E-state index contributed by atoms with van der Waals surface area (Å²) in [7, 11) is 0. The van der Waals surface area contributed by atoms with E-state index in [1.807, 2.05) is 12.1 Å². The molecule has 3 heterocycles. The molecule has 6 nitrogen and oxygen atoms in total. The zero-order valence-corrected chi connectivity index (χ0v) is 19.4. The Kier molecular flexibility index (Phi) is 6.35. The second-order valence-electron chi connectivity index (χ2n) is 8.56. The van der Waals surface area contributed by atoms with Crippen molar-refractivity contribution in [2.24, 2.45) is 5.92 Å². The Balaban J connectivity index is 1.37. The first kappa shape index (κ1) is 24.1. The van der Waals surface area contributed by atoms with E-state index in [4.69, 9.17) is 9.63 Å². The summed E-state index contributed by atoms with van der Waals surface area (Å²) in [6.07, 6.45) is -3.77. The molecule has 2 atom stereocenters. The molecular formula is C25H19F4N3O3S. The van der Waals surface area contributed by atoms with Crippen LogP contribution in [0, 0.1) is 11.7 Å². The maximum absolute atomic E-state index is 13.7. The van der Waals surface area contributed by atoms with Crippen molar-refractivity contribution in [1.29, 1.82) is 0 Å². The lowest BCUT2D eigenvalue weighted by Gasteiger charge is -2.11. The zero-order valence-electron chi connectivity index (χ0n) is 18.6. The third-order valence-corrected chi connectivity index (χ3v) is 7.21. The number of aliphatic carboxylic acids is 1. The maximum atomic E-state index is 13.7. The van der Waals surface area contributed by atoms with Gasteiger partial charge in [-0.15, -0.1) is 11.3 Å². The van der Waals surface area contributed by atoms with Crippen LogP contribution in [-0.2, 0) is 11.0 Å². The molecule has 0 aliphatic carbocycles. The van der Waals surface area contributed by atoms with Crippen molar-refractivity contribution < 1.29 is 32.0 Å². The first-order chi connectivity index (χ1) is 17.2. The number of rotatable bonds is 6. The summed E-state index contributed by atoms with van der Waals surface area (Å²) >= 11 is 0.486. The molecule has 11 heteroatoms. The molecule has 1 aliphatic rings. The fourth-order valence-corrected chi connectivity index (χ4v) is 5.29. The van der Waals surface area contributed by atoms with Gasteiger partial charge in [0.1, 0.15) is 10.7 Å². The molecule has 0 radical (unpaired) electrons. The molecule has 1 saturated heterocycles. The Morgan fingerprint density at radius 2 is 1.81 bits per heavy atom. The molecule has 2 aromatic heterocycles. The van der Waals surface area contributed by atoms with Gasteiger partial charge in [-0.05, 0) is 48.2 Å². The SMILES string of the molecule is O=C(O)CC1CNC(c2ccc(-c3noc(-c4cc(-c5ccc(F)cc5)c(C(F)(F)F)s4)n3)cc2)C1. The number of nitrogens with one attached hydrogen (secondary N) is 1. The molecule has 2 aromatic carbocycles. The molecule has 36 heavy (non-hydrogen) atoms. The first-order valence-corrected chi connectivity index (χ1v) is 11.9. The Hall–Kier alpha value is -3.57. The third-order valence-electron chi connectivity index (χ3n) is 6.04. The van der Waals surface area contributed by atoms with Crippen molar-refractivity contribution in [3.63, 3.8) is 0 Å². The highest BCUT2D eigenvalue weighted by Gasteiger charge is 2.37. The van der Waals surface area contributed by atoms with E-state index in [0.717, 1.165) is 17.7 Å². The van der Waals surface area contributed by atoms with Crippen LogP contribution >= 0.6 is 11.3 Å². The normalized spacial score (nSPS) is 18.0. The molecule has 0 spiro atoms. The van der Waals surface area contributed by atoms with Crippen molar-refractivity contribution in [1.82, 2.24) is 15.5 Å². The number of carboxylic acids is 1. The molecule has 0 bridgehead atoms. The van der Waals surface area contributed by atoms with Gasteiger partial charge in [-0.2, -0.15) is 18.2 Å². The number of thiophene rings is 1. The van der Waals surface area contributed by atoms with Gasteiger partial charge in [0, 0.05) is 23.6 Å². The van der Waals surface area contributed by atoms with E-state index in [0.29, 0.717) is 29.9 Å². The number of hydrogen-bond acceptors (Lipinski definition) is 6. The van der Waals surface area contributed by atoms with Crippen molar-refractivity contribution >= 4 is 17.3 Å². The molecule has 2 N–H and O–H groups in total. The molecular weight excluding hydrogens is 498 g/mol. The molecule has 1 fully saturated rings. The Labute approximate surface area is 206 Å². The Morgan fingerprint density at radius 1 is 1.11 bits per heavy atom. The Bertz CT molecular complexity index is 1380. The van der Waals surface area contributed by atoms with E-state index in [-0.39, 0.29) is 46.1 Å². The molecule has 0 saturated carbocycles. The summed E-state index contributed by atoms with van der Waals surface area (Å²) in [6.45, 7) is 0.632. The summed E-state index contributed by atoms with van der Waals surface area (Å²) in [5.41, 5.74) is 1.76. The summed E-state index contributed by atoms with van der Waals surface area (Å²) in [4.78, 5) is 14.5. The van der Waals surface area contributed by atoms with Crippen LogP contribution in [-0.4, -0.2) is 27.8 Å². The average Bonchev–Trinajstić information content (AvgIpc) is 3.58. The van der Waals surface area contributed by atoms with Gasteiger partial charge < -0.3 is 14.9 Å². The lowest BCUT2D eigenvalue weighted by molar-refractivity contribution is -0.138. The summed E-state index contributed by atoms with van der Waals surface area (Å²) in [5, 5.41) is 16.2. The van der Waals surface area contributed by atoms with Crippen molar-refractivity contribution in [2.45, 2.75) is 25.1 Å². The summed E-state index contributed by atoms with van der Waals surface area (Å²) in [5.74, 6) is -1.11. The summed E-state index contributed by atoms with van der Waals surface area (Å²) in [6, 6.07) is 13.5. The van der Waals surface area contributed by atoms with Gasteiger partial charge in [0.2, 0.25) is 5.82 Å². The highest BCUT2D eigenvalue weighted by atomic mass is 32.1. The van der Waals surface area contributed by atoms with Crippen molar-refractivity contribution in [3.05, 3.63) is 70.9 Å². The van der Waals surface area contributed by atoms with Crippen LogP contribution < -0.4 is 5.32 Å². The summed E-state index contributed by atoms with van der Waals surface area (Å²) < 4.78 is 59.6. The second kappa shape index (κ2) is 9.47. The molecule has 2 unspecified atom stereocenters. The fraction of sp³-hybridized carbons (Fsp3) is 0.240. The zero-order chi connectivity index (χ0) is 25.4. The third kappa shape index (κ3) is 5.02. The van der Waals surface area contributed by atoms with Crippen LogP contribution in [0.15, 0.2) is 59.1 Å². The monoisotopic (exact) mass is 517 g/mol. The molecule has 0 amide bonds. The van der Waals surface area contributed by atoms with Gasteiger partial charge in [0.25, 0.3) is 5.89 Å². The molecule has 4 aromatic rings. The van der Waals surface area contributed by atoms with Gasteiger partial charge in [0.05, 0.1) is 4.88 Å². The van der Waals surface area contributed by atoms with Crippen LogP contribution in [0.3, 0.4) is 0 Å². The lowest BCUT2D eigenvalue weighted by atomic mass is 9.97. The quantitative estimate of drug-likeness (QED) is 0.287. The predicted octanol–water partition coefficient (Wildman–Crippen LogP) is 6.42.